The number of amides is 1. The van der Waals surface area contributed by atoms with Crippen LogP contribution in [0.3, 0.4) is 0 Å². The van der Waals surface area contributed by atoms with Gasteiger partial charge in [-0.3, -0.25) is 9.78 Å². The van der Waals surface area contributed by atoms with E-state index in [1.165, 1.54) is 0 Å². The first-order valence-electron chi connectivity index (χ1n) is 9.58. The minimum Gasteiger partial charge on any atom is -0.342 e. The summed E-state index contributed by atoms with van der Waals surface area (Å²) in [7, 11) is 0. The Bertz CT molecular complexity index is 961. The number of nitrogens with zero attached hydrogens (tertiary/aromatic N) is 3. The molecule has 0 bridgehead atoms. The normalized spacial score (nSPS) is 16.8. The summed E-state index contributed by atoms with van der Waals surface area (Å²) in [6, 6.07) is 17.5. The van der Waals surface area contributed by atoms with Crippen molar-refractivity contribution in [1.29, 1.82) is 0 Å². The third-order valence-electron chi connectivity index (χ3n) is 5.16. The topological polar surface area (TPSA) is 46.1 Å². The van der Waals surface area contributed by atoms with Crippen molar-refractivity contribution in [2.75, 3.05) is 13.1 Å². The first kappa shape index (κ1) is 18.6. The van der Waals surface area contributed by atoms with E-state index in [9.17, 15) is 4.79 Å². The fraction of sp³-hybridized carbons (Fsp3) is 0.261. The average Bonchev–Trinajstić information content (AvgIpc) is 2.75. The molecule has 1 saturated heterocycles. The lowest BCUT2D eigenvalue weighted by Crippen LogP contribution is -2.40. The number of carbonyl (C=O) groups is 1. The smallest absolute Gasteiger partial charge is 0.227 e. The summed E-state index contributed by atoms with van der Waals surface area (Å²) < 4.78 is 0. The molecule has 2 aromatic carbocycles. The lowest BCUT2D eigenvalue weighted by Gasteiger charge is -2.32. The first-order chi connectivity index (χ1) is 13.7. The predicted octanol–water partition coefficient (Wildman–Crippen LogP) is 4.75. The summed E-state index contributed by atoms with van der Waals surface area (Å²) >= 11 is 6.11. The van der Waals surface area contributed by atoms with Crippen molar-refractivity contribution in [1.82, 2.24) is 14.9 Å². The van der Waals surface area contributed by atoms with E-state index in [1.54, 1.807) is 6.20 Å². The van der Waals surface area contributed by atoms with Crippen molar-refractivity contribution >= 4 is 17.5 Å². The van der Waals surface area contributed by atoms with Crippen LogP contribution in [0, 0.1) is 0 Å². The molecule has 0 unspecified atom stereocenters. The zero-order valence-corrected chi connectivity index (χ0v) is 16.3. The molecule has 1 aromatic heterocycles. The van der Waals surface area contributed by atoms with Crippen molar-refractivity contribution in [3.8, 4) is 11.3 Å². The van der Waals surface area contributed by atoms with Crippen LogP contribution in [0.5, 0.6) is 0 Å². The van der Waals surface area contributed by atoms with Crippen LogP contribution in [-0.2, 0) is 11.2 Å². The predicted molar refractivity (Wildman–Crippen MR) is 111 cm³/mol. The van der Waals surface area contributed by atoms with Gasteiger partial charge in [-0.1, -0.05) is 54.1 Å². The molecule has 0 N–H and O–H groups in total. The molecule has 0 saturated carbocycles. The Balaban J connectivity index is 1.49. The molecular weight excluding hydrogens is 370 g/mol. The van der Waals surface area contributed by atoms with Crippen molar-refractivity contribution in [2.45, 2.75) is 25.2 Å². The zero-order valence-electron chi connectivity index (χ0n) is 15.6. The second-order valence-corrected chi connectivity index (χ2v) is 7.62. The average molecular weight is 392 g/mol. The molecule has 0 aliphatic carbocycles. The van der Waals surface area contributed by atoms with E-state index in [-0.39, 0.29) is 11.8 Å². The van der Waals surface area contributed by atoms with E-state index in [0.717, 1.165) is 41.9 Å². The molecule has 142 valence electrons. The molecule has 28 heavy (non-hydrogen) atoms. The van der Waals surface area contributed by atoms with Crippen LogP contribution >= 0.6 is 11.6 Å². The minimum atomic E-state index is 0.176. The standard InChI is InChI=1S/C23H22ClN3O/c24-20-10-4-8-18(13-20)21-14-25-15-22(26-21)19-9-5-11-27(16-19)23(28)12-17-6-2-1-3-7-17/h1-4,6-8,10,13-15,19H,5,9,11-12,16H2/t19-/m1/s1. The van der Waals surface area contributed by atoms with Crippen LogP contribution in [0.25, 0.3) is 11.3 Å². The second-order valence-electron chi connectivity index (χ2n) is 7.18. The van der Waals surface area contributed by atoms with Crippen molar-refractivity contribution in [3.05, 3.63) is 83.3 Å². The van der Waals surface area contributed by atoms with Crippen molar-refractivity contribution in [2.24, 2.45) is 0 Å². The van der Waals surface area contributed by atoms with Gasteiger partial charge in [-0.15, -0.1) is 0 Å². The third kappa shape index (κ3) is 4.39. The molecule has 4 rings (SSSR count). The summed E-state index contributed by atoms with van der Waals surface area (Å²) in [4.78, 5) is 23.9. The van der Waals surface area contributed by atoms with Gasteiger partial charge in [0.25, 0.3) is 0 Å². The Hall–Kier alpha value is -2.72. The number of likely N-dealkylation sites (tertiary alicyclic amines) is 1. The van der Waals surface area contributed by atoms with Crippen LogP contribution in [0.1, 0.15) is 30.0 Å². The molecule has 0 radical (unpaired) electrons. The highest BCUT2D eigenvalue weighted by atomic mass is 35.5. The van der Waals surface area contributed by atoms with Gasteiger partial charge in [-0.2, -0.15) is 0 Å². The van der Waals surface area contributed by atoms with Gasteiger partial charge in [0.15, 0.2) is 0 Å². The van der Waals surface area contributed by atoms with Gasteiger partial charge in [-0.05, 0) is 30.5 Å². The number of carbonyl (C=O) groups excluding carboxylic acids is 1. The molecule has 4 nitrogen and oxygen atoms in total. The molecule has 3 aromatic rings. The number of benzene rings is 2. The summed E-state index contributed by atoms with van der Waals surface area (Å²) in [5, 5.41) is 0.681. The van der Waals surface area contributed by atoms with Crippen LogP contribution in [0.15, 0.2) is 67.0 Å². The summed E-state index contributed by atoms with van der Waals surface area (Å²) in [6.45, 7) is 1.50. The molecular formula is C23H22ClN3O. The van der Waals surface area contributed by atoms with Crippen molar-refractivity contribution < 1.29 is 4.79 Å². The maximum Gasteiger partial charge on any atom is 0.227 e. The zero-order chi connectivity index (χ0) is 19.3. The van der Waals surface area contributed by atoms with E-state index in [0.29, 0.717) is 18.0 Å². The Kier molecular flexibility index (Phi) is 5.68. The highest BCUT2D eigenvalue weighted by Gasteiger charge is 2.26. The molecule has 2 heterocycles. The largest absolute Gasteiger partial charge is 0.342 e. The molecule has 1 atom stereocenters. The quantitative estimate of drug-likeness (QED) is 0.645. The number of hydrogen-bond acceptors (Lipinski definition) is 3. The highest BCUT2D eigenvalue weighted by Crippen LogP contribution is 2.28. The lowest BCUT2D eigenvalue weighted by molar-refractivity contribution is -0.131. The number of rotatable bonds is 4. The van der Waals surface area contributed by atoms with Gasteiger partial charge in [-0.25, -0.2) is 4.98 Å². The molecule has 1 aliphatic heterocycles. The van der Waals surface area contributed by atoms with E-state index < -0.39 is 0 Å². The third-order valence-corrected chi connectivity index (χ3v) is 5.40. The van der Waals surface area contributed by atoms with E-state index in [1.807, 2.05) is 65.7 Å². The molecule has 1 aliphatic rings. The van der Waals surface area contributed by atoms with Crippen LogP contribution in [-0.4, -0.2) is 33.9 Å². The summed E-state index contributed by atoms with van der Waals surface area (Å²) in [5.41, 5.74) is 3.76. The number of hydrogen-bond donors (Lipinski definition) is 0. The van der Waals surface area contributed by atoms with Gasteiger partial charge in [0.2, 0.25) is 5.91 Å². The molecule has 1 fully saturated rings. The van der Waals surface area contributed by atoms with Crippen molar-refractivity contribution in [3.63, 3.8) is 0 Å². The fourth-order valence-corrected chi connectivity index (χ4v) is 3.88. The Morgan fingerprint density at radius 2 is 1.96 bits per heavy atom. The SMILES string of the molecule is O=C(Cc1ccccc1)N1CCC[C@@H](c2cncc(-c3cccc(Cl)c3)n2)C1. The van der Waals surface area contributed by atoms with Gasteiger partial charge in [0.1, 0.15) is 0 Å². The van der Waals surface area contributed by atoms with Gasteiger partial charge >= 0.3 is 0 Å². The number of piperidine rings is 1. The van der Waals surface area contributed by atoms with E-state index in [2.05, 4.69) is 4.98 Å². The number of halogens is 1. The second kappa shape index (κ2) is 8.53. The monoisotopic (exact) mass is 391 g/mol. The Morgan fingerprint density at radius 3 is 2.79 bits per heavy atom. The first-order valence-corrected chi connectivity index (χ1v) is 9.96. The maximum absolute atomic E-state index is 12.7. The van der Waals surface area contributed by atoms with Gasteiger partial charge in [0.05, 0.1) is 24.0 Å². The van der Waals surface area contributed by atoms with Crippen LogP contribution in [0.4, 0.5) is 0 Å². The maximum atomic E-state index is 12.7. The lowest BCUT2D eigenvalue weighted by atomic mass is 9.94. The van der Waals surface area contributed by atoms with E-state index in [4.69, 9.17) is 16.6 Å². The Labute approximate surface area is 170 Å². The summed E-state index contributed by atoms with van der Waals surface area (Å²) in [6.07, 6.45) is 6.03. The highest BCUT2D eigenvalue weighted by molar-refractivity contribution is 6.30. The molecule has 0 spiro atoms. The van der Waals surface area contributed by atoms with E-state index >= 15 is 0 Å². The molecule has 5 heteroatoms. The van der Waals surface area contributed by atoms with Crippen LogP contribution < -0.4 is 0 Å². The fourth-order valence-electron chi connectivity index (χ4n) is 3.69. The number of aromatic nitrogens is 2. The van der Waals surface area contributed by atoms with Crippen LogP contribution in [0.2, 0.25) is 5.02 Å². The summed E-state index contributed by atoms with van der Waals surface area (Å²) in [5.74, 6) is 0.384. The molecule has 1 amide bonds. The van der Waals surface area contributed by atoms with Gasteiger partial charge < -0.3 is 4.90 Å². The van der Waals surface area contributed by atoms with Gasteiger partial charge in [0, 0.05) is 35.8 Å². The minimum absolute atomic E-state index is 0.176. The Morgan fingerprint density at radius 1 is 1.11 bits per heavy atom.